The van der Waals surface area contributed by atoms with E-state index < -0.39 is 11.9 Å². The number of anilines is 1. The lowest BCUT2D eigenvalue weighted by atomic mass is 9.79. The molecule has 2 aromatic carbocycles. The average Bonchev–Trinajstić information content (AvgIpc) is 3.43. The fourth-order valence-corrected chi connectivity index (χ4v) is 10.2. The van der Waals surface area contributed by atoms with Crippen molar-refractivity contribution in [1.29, 1.82) is 5.26 Å². The molecule has 11 rings (SSSR count). The summed E-state index contributed by atoms with van der Waals surface area (Å²) < 4.78 is 19.7. The number of nitrogens with one attached hydrogen (secondary N) is 1. The van der Waals surface area contributed by atoms with E-state index in [0.717, 1.165) is 42.4 Å². The minimum absolute atomic E-state index is 0.0322. The molecule has 0 radical (unpaired) electrons. The topological polar surface area (TPSA) is 107 Å². The molecule has 4 bridgehead atoms. The lowest BCUT2D eigenvalue weighted by Crippen LogP contribution is -2.50. The predicted molar refractivity (Wildman–Crippen MR) is 201 cm³/mol. The van der Waals surface area contributed by atoms with E-state index in [0.29, 0.717) is 63.9 Å². The standard InChI is InChI=1S/C41H36Cl2FN7O2/c1-20-26-17-30(38-24-16-31(51(38)40(52)21-10-11-21)41(53)49(19-24)32-9-2-3-13-46-32)50(37-23-15-29(37)47-18-23)39(26)27-14-22(6-5-12-45)33(35(44)36(27)48-20)25-7-4-8-28(42)34(25)43/h2-4,7-9,13-14,17,21,23-24,29,31,37-38,47H,5-6,10-11,15-16,18-19H2,1H3. The molecule has 7 heterocycles. The maximum absolute atomic E-state index is 17.3. The summed E-state index contributed by atoms with van der Waals surface area (Å²) in [5.41, 5.74) is 4.15. The molecule has 4 saturated heterocycles. The third-order valence-electron chi connectivity index (χ3n) is 12.4. The minimum atomic E-state index is -0.590. The van der Waals surface area contributed by atoms with E-state index >= 15 is 4.39 Å². The summed E-state index contributed by atoms with van der Waals surface area (Å²) >= 11 is 13.1. The Morgan fingerprint density at radius 1 is 1.09 bits per heavy atom. The van der Waals surface area contributed by atoms with Gasteiger partial charge in [-0.25, -0.2) is 14.4 Å². The van der Waals surface area contributed by atoms with Gasteiger partial charge in [-0.3, -0.25) is 14.5 Å². The number of rotatable bonds is 7. The molecule has 4 aliphatic heterocycles. The van der Waals surface area contributed by atoms with Crippen molar-refractivity contribution in [2.45, 2.75) is 69.6 Å². The molecule has 9 nitrogen and oxygen atoms in total. The van der Waals surface area contributed by atoms with Gasteiger partial charge in [0.15, 0.2) is 5.82 Å². The number of carbonyl (C=O) groups is 2. The van der Waals surface area contributed by atoms with Crippen LogP contribution in [0.5, 0.6) is 0 Å². The predicted octanol–water partition coefficient (Wildman–Crippen LogP) is 7.71. The number of likely N-dealkylation sites (tertiary alicyclic amines) is 1. The van der Waals surface area contributed by atoms with Crippen molar-refractivity contribution < 1.29 is 14.0 Å². The fourth-order valence-electron chi connectivity index (χ4n) is 9.85. The first kappa shape index (κ1) is 33.0. The van der Waals surface area contributed by atoms with E-state index in [-0.39, 0.29) is 58.7 Å². The summed E-state index contributed by atoms with van der Waals surface area (Å²) in [6.07, 6.45) is 5.46. The van der Waals surface area contributed by atoms with Gasteiger partial charge >= 0.3 is 0 Å². The van der Waals surface area contributed by atoms with Crippen LogP contribution in [0.1, 0.15) is 61.1 Å². The highest BCUT2D eigenvalue weighted by Gasteiger charge is 2.57. The lowest BCUT2D eigenvalue weighted by molar-refractivity contribution is -0.140. The lowest BCUT2D eigenvalue weighted by Gasteiger charge is -2.40. The molecular weight excluding hydrogens is 712 g/mol. The van der Waals surface area contributed by atoms with Crippen LogP contribution in [0.3, 0.4) is 0 Å². The molecular formula is C41H36Cl2FN7O2. The van der Waals surface area contributed by atoms with E-state index in [1.54, 1.807) is 29.3 Å². The fraction of sp³-hybridized carbons (Fsp3) is 0.390. The summed E-state index contributed by atoms with van der Waals surface area (Å²) in [6, 6.07) is 16.5. The van der Waals surface area contributed by atoms with E-state index in [2.05, 4.69) is 27.0 Å². The number of nitrogens with zero attached hydrogens (tertiary/aromatic N) is 6. The smallest absolute Gasteiger partial charge is 0.250 e. The largest absolute Gasteiger partial charge is 0.337 e. The van der Waals surface area contributed by atoms with Gasteiger partial charge in [0.2, 0.25) is 5.91 Å². The Bertz CT molecular complexity index is 2410. The molecule has 12 heteroatoms. The highest BCUT2D eigenvalue weighted by atomic mass is 35.5. The number of piperidine rings is 1. The Kier molecular flexibility index (Phi) is 7.63. The average molecular weight is 749 g/mol. The second-order valence-corrected chi connectivity index (χ2v) is 16.2. The third-order valence-corrected chi connectivity index (χ3v) is 13.2. The zero-order valence-electron chi connectivity index (χ0n) is 29.0. The number of halogens is 3. The summed E-state index contributed by atoms with van der Waals surface area (Å²) in [6.45, 7) is 3.23. The molecule has 1 N–H and O–H groups in total. The minimum Gasteiger partial charge on any atom is -0.337 e. The van der Waals surface area contributed by atoms with Crippen molar-refractivity contribution in [2.75, 3.05) is 18.0 Å². The molecule has 6 unspecified atom stereocenters. The van der Waals surface area contributed by atoms with Gasteiger partial charge in [-0.2, -0.15) is 5.26 Å². The maximum atomic E-state index is 17.3. The van der Waals surface area contributed by atoms with Gasteiger partial charge in [-0.15, -0.1) is 0 Å². The molecule has 2 aliphatic carbocycles. The van der Waals surface area contributed by atoms with E-state index in [9.17, 15) is 14.9 Å². The Morgan fingerprint density at radius 2 is 1.94 bits per heavy atom. The van der Waals surface area contributed by atoms with Crippen LogP contribution in [-0.4, -0.2) is 56.4 Å². The normalized spacial score (nSPS) is 26.1. The second-order valence-electron chi connectivity index (χ2n) is 15.4. The first-order valence-corrected chi connectivity index (χ1v) is 19.3. The number of nitriles is 1. The SMILES string of the molecule is Cc1nc2c(F)c(-c3cccc(Cl)c3Cl)c(CCC#N)cc2c2c1cc(C1C3CC(C(=O)N(c4ccccn4)C3)N1C(=O)C1CC1)n2C1C2CNC1C2. The number of aromatic nitrogens is 3. The van der Waals surface area contributed by atoms with Crippen LogP contribution in [0, 0.1) is 41.8 Å². The van der Waals surface area contributed by atoms with Gasteiger partial charge < -0.3 is 14.8 Å². The van der Waals surface area contributed by atoms with E-state index in [1.165, 1.54) is 0 Å². The number of hydrogen-bond acceptors (Lipinski definition) is 6. The Hall–Kier alpha value is -4.56. The van der Waals surface area contributed by atoms with Crippen LogP contribution in [0.4, 0.5) is 10.2 Å². The van der Waals surface area contributed by atoms with Gasteiger partial charge in [-0.05, 0) is 80.8 Å². The van der Waals surface area contributed by atoms with Crippen LogP contribution in [-0.2, 0) is 16.0 Å². The van der Waals surface area contributed by atoms with Crippen molar-refractivity contribution in [1.82, 2.24) is 24.8 Å². The molecule has 2 amide bonds. The number of fused-ring (bicyclic) bond motifs is 6. The number of benzene rings is 2. The van der Waals surface area contributed by atoms with Gasteiger partial charge in [0.05, 0.1) is 33.7 Å². The van der Waals surface area contributed by atoms with Crippen LogP contribution in [0.15, 0.2) is 54.7 Å². The molecule has 3 aromatic heterocycles. The Labute approximate surface area is 315 Å². The summed E-state index contributed by atoms with van der Waals surface area (Å²) in [5, 5.41) is 15.4. The van der Waals surface area contributed by atoms with Crippen molar-refractivity contribution in [3.63, 3.8) is 0 Å². The van der Waals surface area contributed by atoms with Crippen molar-refractivity contribution in [3.8, 4) is 17.2 Å². The van der Waals surface area contributed by atoms with E-state index in [1.807, 2.05) is 36.1 Å². The van der Waals surface area contributed by atoms with Crippen molar-refractivity contribution in [2.24, 2.45) is 17.8 Å². The highest BCUT2D eigenvalue weighted by Crippen LogP contribution is 2.54. The van der Waals surface area contributed by atoms with Gasteiger partial charge in [0.25, 0.3) is 5.91 Å². The first-order chi connectivity index (χ1) is 25.7. The van der Waals surface area contributed by atoms with Crippen LogP contribution >= 0.6 is 23.2 Å². The number of pyridine rings is 2. The molecule has 5 aromatic rings. The molecule has 6 aliphatic rings. The molecule has 0 spiro atoms. The van der Waals surface area contributed by atoms with E-state index in [4.69, 9.17) is 28.2 Å². The van der Waals surface area contributed by atoms with Gasteiger partial charge in [0.1, 0.15) is 17.4 Å². The molecule has 6 atom stereocenters. The maximum Gasteiger partial charge on any atom is 0.250 e. The second kappa shape index (κ2) is 12.2. The van der Waals surface area contributed by atoms with Crippen LogP contribution in [0.2, 0.25) is 10.0 Å². The zero-order chi connectivity index (χ0) is 36.3. The van der Waals surface area contributed by atoms with Gasteiger partial charge in [-0.1, -0.05) is 41.4 Å². The van der Waals surface area contributed by atoms with Crippen LogP contribution < -0.4 is 10.2 Å². The first-order valence-electron chi connectivity index (χ1n) is 18.5. The molecule has 53 heavy (non-hydrogen) atoms. The summed E-state index contributed by atoms with van der Waals surface area (Å²) in [5.74, 6) is 0.288. The summed E-state index contributed by atoms with van der Waals surface area (Å²) in [7, 11) is 0. The number of hydrogen-bond donors (Lipinski definition) is 1. The Balaban J connectivity index is 1.23. The Morgan fingerprint density at radius 3 is 2.66 bits per heavy atom. The molecule has 2 saturated carbocycles. The third kappa shape index (κ3) is 4.90. The number of amides is 2. The monoisotopic (exact) mass is 747 g/mol. The summed E-state index contributed by atoms with van der Waals surface area (Å²) in [4.78, 5) is 41.7. The van der Waals surface area contributed by atoms with Crippen molar-refractivity contribution in [3.05, 3.63) is 87.5 Å². The van der Waals surface area contributed by atoms with Crippen LogP contribution in [0.25, 0.3) is 32.9 Å². The molecule has 268 valence electrons. The zero-order valence-corrected chi connectivity index (χ0v) is 30.5. The number of carbonyl (C=O) groups excluding carboxylic acids is 2. The van der Waals surface area contributed by atoms with Gasteiger partial charge in [0, 0.05) is 76.9 Å². The number of aryl methyl sites for hydroxylation is 2. The highest BCUT2D eigenvalue weighted by molar-refractivity contribution is 6.43. The molecule has 6 fully saturated rings. The van der Waals surface area contributed by atoms with Crippen molar-refractivity contribution >= 4 is 62.6 Å². The quantitative estimate of drug-likeness (QED) is 0.183.